The lowest BCUT2D eigenvalue weighted by molar-refractivity contribution is 0.122. The second-order valence-corrected chi connectivity index (χ2v) is 6.72. The van der Waals surface area contributed by atoms with Crippen LogP contribution < -0.4 is 5.32 Å². The average molecular weight is 303 g/mol. The van der Waals surface area contributed by atoms with Crippen LogP contribution in [-0.4, -0.2) is 43.2 Å². The highest BCUT2D eigenvalue weighted by Gasteiger charge is 2.30. The minimum absolute atomic E-state index is 0.290. The molecule has 2 heterocycles. The Balaban J connectivity index is 1.94. The average Bonchev–Trinajstić information content (AvgIpc) is 2.77. The van der Waals surface area contributed by atoms with Crippen molar-refractivity contribution in [1.29, 1.82) is 0 Å². The van der Waals surface area contributed by atoms with Crippen molar-refractivity contribution in [3.63, 3.8) is 0 Å². The molecule has 2 aliphatic heterocycles. The molecule has 1 fully saturated rings. The smallest absolute Gasteiger partial charge is 0.113 e. The van der Waals surface area contributed by atoms with Gasteiger partial charge in [-0.15, -0.1) is 0 Å². The van der Waals surface area contributed by atoms with Crippen molar-refractivity contribution < 1.29 is 4.74 Å². The predicted octanol–water partition coefficient (Wildman–Crippen LogP) is 3.08. The van der Waals surface area contributed by atoms with E-state index in [1.165, 1.54) is 49.1 Å². The van der Waals surface area contributed by atoms with E-state index in [1.54, 1.807) is 0 Å². The second kappa shape index (κ2) is 7.32. The maximum atomic E-state index is 5.90. The van der Waals surface area contributed by atoms with Crippen LogP contribution in [0.15, 0.2) is 28.4 Å². The Morgan fingerprint density at radius 1 is 1.23 bits per heavy atom. The molecule has 122 valence electrons. The lowest BCUT2D eigenvalue weighted by Crippen LogP contribution is -2.46. The van der Waals surface area contributed by atoms with Gasteiger partial charge >= 0.3 is 0 Å². The fourth-order valence-electron chi connectivity index (χ4n) is 3.78. The van der Waals surface area contributed by atoms with Crippen molar-refractivity contribution in [1.82, 2.24) is 10.2 Å². The Bertz CT molecular complexity index is 475. The number of hydrogen-bond donors (Lipinski definition) is 1. The molecule has 0 aromatic rings. The van der Waals surface area contributed by atoms with Crippen molar-refractivity contribution in [2.45, 2.75) is 52.0 Å². The number of amidine groups is 1. The first kappa shape index (κ1) is 15.6. The summed E-state index contributed by atoms with van der Waals surface area (Å²) in [5, 5.41) is 3.27. The van der Waals surface area contributed by atoms with Gasteiger partial charge < -0.3 is 15.0 Å². The first-order valence-electron chi connectivity index (χ1n) is 8.72. The fourth-order valence-corrected chi connectivity index (χ4v) is 3.78. The van der Waals surface area contributed by atoms with Gasteiger partial charge in [-0.25, -0.2) is 0 Å². The van der Waals surface area contributed by atoms with Gasteiger partial charge in [-0.3, -0.25) is 4.99 Å². The van der Waals surface area contributed by atoms with E-state index in [0.29, 0.717) is 18.6 Å². The summed E-state index contributed by atoms with van der Waals surface area (Å²) in [6.45, 7) is 7.61. The molecule has 3 aliphatic rings. The van der Waals surface area contributed by atoms with Gasteiger partial charge in [0.2, 0.25) is 0 Å². The molecule has 0 spiro atoms. The highest BCUT2D eigenvalue weighted by atomic mass is 16.5. The number of fused-ring (bicyclic) bond motifs is 1. The van der Waals surface area contributed by atoms with Gasteiger partial charge in [0, 0.05) is 12.6 Å². The Kier molecular flexibility index (Phi) is 5.19. The Morgan fingerprint density at radius 3 is 2.86 bits per heavy atom. The van der Waals surface area contributed by atoms with Crippen molar-refractivity contribution in [3.05, 3.63) is 23.4 Å². The van der Waals surface area contributed by atoms with Crippen LogP contribution in [0.25, 0.3) is 0 Å². The number of hydrogen-bond acceptors (Lipinski definition) is 4. The quantitative estimate of drug-likeness (QED) is 0.756. The van der Waals surface area contributed by atoms with Crippen molar-refractivity contribution in [2.75, 3.05) is 26.4 Å². The molecule has 0 radical (unpaired) electrons. The molecule has 0 bridgehead atoms. The molecule has 1 aliphatic carbocycles. The summed E-state index contributed by atoms with van der Waals surface area (Å²) in [4.78, 5) is 7.47. The van der Waals surface area contributed by atoms with Gasteiger partial charge in [0.25, 0.3) is 0 Å². The van der Waals surface area contributed by atoms with Crippen LogP contribution in [0.1, 0.15) is 46.0 Å². The molecule has 1 atom stereocenters. The molecule has 3 rings (SSSR count). The van der Waals surface area contributed by atoms with Crippen LogP contribution in [0, 0.1) is 5.92 Å². The van der Waals surface area contributed by atoms with Crippen LogP contribution in [0.3, 0.4) is 0 Å². The molecule has 4 heteroatoms. The van der Waals surface area contributed by atoms with Gasteiger partial charge in [0.15, 0.2) is 0 Å². The largest absolute Gasteiger partial charge is 0.375 e. The SMILES string of the molecule is C/C1=C(\C)[C@@H]2C=CNCN=C2N(C2CCCCC2)CCOC1. The Labute approximate surface area is 134 Å². The van der Waals surface area contributed by atoms with E-state index in [9.17, 15) is 0 Å². The molecule has 0 amide bonds. The number of aliphatic imine (C=N–C) groups is 1. The van der Waals surface area contributed by atoms with E-state index < -0.39 is 0 Å². The molecule has 0 saturated heterocycles. The summed E-state index contributed by atoms with van der Waals surface area (Å²) < 4.78 is 5.90. The zero-order chi connectivity index (χ0) is 15.4. The fraction of sp³-hybridized carbons (Fsp3) is 0.722. The van der Waals surface area contributed by atoms with Gasteiger partial charge in [0.05, 0.1) is 19.1 Å². The maximum absolute atomic E-state index is 5.90. The minimum Gasteiger partial charge on any atom is -0.375 e. The third-order valence-corrected chi connectivity index (χ3v) is 5.26. The van der Waals surface area contributed by atoms with Crippen LogP contribution >= 0.6 is 0 Å². The highest BCUT2D eigenvalue weighted by molar-refractivity contribution is 5.89. The van der Waals surface area contributed by atoms with E-state index in [2.05, 4.69) is 36.3 Å². The second-order valence-electron chi connectivity index (χ2n) is 6.72. The van der Waals surface area contributed by atoms with Crippen LogP contribution in [0.5, 0.6) is 0 Å². The van der Waals surface area contributed by atoms with Gasteiger partial charge in [0.1, 0.15) is 12.5 Å². The van der Waals surface area contributed by atoms with Crippen LogP contribution in [0.2, 0.25) is 0 Å². The van der Waals surface area contributed by atoms with Crippen molar-refractivity contribution in [2.24, 2.45) is 10.9 Å². The maximum Gasteiger partial charge on any atom is 0.113 e. The first-order chi connectivity index (χ1) is 10.8. The van der Waals surface area contributed by atoms with E-state index >= 15 is 0 Å². The van der Waals surface area contributed by atoms with Crippen molar-refractivity contribution >= 4 is 5.84 Å². The zero-order valence-corrected chi connectivity index (χ0v) is 14.0. The summed E-state index contributed by atoms with van der Waals surface area (Å²) in [6.07, 6.45) is 11.0. The molecular formula is C18H29N3O. The molecule has 0 aromatic heterocycles. The lowest BCUT2D eigenvalue weighted by atomic mass is 9.90. The molecule has 1 saturated carbocycles. The summed E-state index contributed by atoms with van der Waals surface area (Å²) in [5.41, 5.74) is 2.73. The standard InChI is InChI=1S/C18H29N3O/c1-14-12-22-11-10-21(16-6-4-3-5-7-16)18-17(15(14)2)8-9-19-13-20-18/h8-9,16-17,19H,3-7,10-13H2,1-2H3/b15-14-/t17-/m0/s1. The van der Waals surface area contributed by atoms with Gasteiger partial charge in [-0.1, -0.05) is 30.9 Å². The lowest BCUT2D eigenvalue weighted by Gasteiger charge is -2.38. The predicted molar refractivity (Wildman–Crippen MR) is 90.8 cm³/mol. The zero-order valence-electron chi connectivity index (χ0n) is 14.0. The number of ether oxygens (including phenoxy) is 1. The van der Waals surface area contributed by atoms with E-state index in [4.69, 9.17) is 9.73 Å². The van der Waals surface area contributed by atoms with Crippen LogP contribution in [0.4, 0.5) is 0 Å². The number of rotatable bonds is 1. The summed E-state index contributed by atoms with van der Waals surface area (Å²) in [5.74, 6) is 1.54. The molecule has 0 aromatic carbocycles. The van der Waals surface area contributed by atoms with Crippen LogP contribution in [-0.2, 0) is 4.74 Å². The van der Waals surface area contributed by atoms with Gasteiger partial charge in [-0.2, -0.15) is 0 Å². The number of nitrogens with zero attached hydrogens (tertiary/aromatic N) is 2. The van der Waals surface area contributed by atoms with Gasteiger partial charge in [-0.05, 0) is 38.5 Å². The summed E-state index contributed by atoms with van der Waals surface area (Å²) in [6, 6.07) is 0.635. The van der Waals surface area contributed by atoms with E-state index in [-0.39, 0.29) is 0 Å². The minimum atomic E-state index is 0.290. The monoisotopic (exact) mass is 303 g/mol. The van der Waals surface area contributed by atoms with E-state index in [1.807, 2.05) is 0 Å². The third kappa shape index (κ3) is 3.37. The molecule has 22 heavy (non-hydrogen) atoms. The first-order valence-corrected chi connectivity index (χ1v) is 8.72. The van der Waals surface area contributed by atoms with Crippen molar-refractivity contribution in [3.8, 4) is 0 Å². The summed E-state index contributed by atoms with van der Waals surface area (Å²) in [7, 11) is 0. The Hall–Kier alpha value is -1.29. The number of nitrogens with one attached hydrogen (secondary N) is 1. The Morgan fingerprint density at radius 2 is 2.05 bits per heavy atom. The highest BCUT2D eigenvalue weighted by Crippen LogP contribution is 2.29. The molecule has 4 nitrogen and oxygen atoms in total. The molecule has 0 unspecified atom stereocenters. The molecular weight excluding hydrogens is 274 g/mol. The normalized spacial score (nSPS) is 31.3. The molecule has 1 N–H and O–H groups in total. The third-order valence-electron chi connectivity index (χ3n) is 5.26. The topological polar surface area (TPSA) is 36.9 Å². The van der Waals surface area contributed by atoms with E-state index in [0.717, 1.165) is 19.8 Å². The summed E-state index contributed by atoms with van der Waals surface area (Å²) >= 11 is 0.